The van der Waals surface area contributed by atoms with Gasteiger partial charge in [0.2, 0.25) is 0 Å². The quantitative estimate of drug-likeness (QED) is 0.776. The summed E-state index contributed by atoms with van der Waals surface area (Å²) in [5.74, 6) is 0.841. The van der Waals surface area contributed by atoms with Gasteiger partial charge in [0.05, 0.1) is 10.4 Å². The van der Waals surface area contributed by atoms with Gasteiger partial charge in [-0.25, -0.2) is 9.97 Å². The summed E-state index contributed by atoms with van der Waals surface area (Å²) in [6.45, 7) is 7.13. The highest BCUT2D eigenvalue weighted by Gasteiger charge is 2.23. The van der Waals surface area contributed by atoms with Gasteiger partial charge >= 0.3 is 0 Å². The lowest BCUT2D eigenvalue weighted by Crippen LogP contribution is -2.24. The molecule has 0 radical (unpaired) electrons. The number of imidazole rings is 1. The summed E-state index contributed by atoms with van der Waals surface area (Å²) < 4.78 is 2.19. The Morgan fingerprint density at radius 2 is 2.16 bits per heavy atom. The minimum atomic E-state index is -0.161. The molecule has 0 saturated heterocycles. The molecule has 0 saturated carbocycles. The van der Waals surface area contributed by atoms with Crippen LogP contribution in [0.5, 0.6) is 0 Å². The van der Waals surface area contributed by atoms with E-state index in [1.54, 1.807) is 6.20 Å². The summed E-state index contributed by atoms with van der Waals surface area (Å²) in [4.78, 5) is 8.97. The summed E-state index contributed by atoms with van der Waals surface area (Å²) in [7, 11) is 0. The molecule has 6 heteroatoms. The van der Waals surface area contributed by atoms with Crippen molar-refractivity contribution in [3.8, 4) is 0 Å². The molecule has 1 atom stereocenters. The topological polar surface area (TPSA) is 30.7 Å². The predicted molar refractivity (Wildman–Crippen MR) is 84.4 cm³/mol. The maximum atomic E-state index is 6.24. The molecule has 1 unspecified atom stereocenters. The molecule has 0 fully saturated rings. The average Bonchev–Trinajstić information content (AvgIpc) is 2.67. The second-order valence-electron chi connectivity index (χ2n) is 5.13. The molecule has 104 valence electrons. The molecule has 0 N–H and O–H groups in total. The summed E-state index contributed by atoms with van der Waals surface area (Å²) in [5.41, 5.74) is 1.64. The number of halogens is 2. The van der Waals surface area contributed by atoms with E-state index in [1.165, 1.54) is 0 Å². The van der Waals surface area contributed by atoms with Gasteiger partial charge < -0.3 is 4.57 Å². The van der Waals surface area contributed by atoms with Gasteiger partial charge in [0, 0.05) is 17.5 Å². The summed E-state index contributed by atoms with van der Waals surface area (Å²) in [6, 6.07) is 1.83. The van der Waals surface area contributed by atoms with E-state index >= 15 is 0 Å². The maximum Gasteiger partial charge on any atom is 0.160 e. The molecule has 0 amide bonds. The monoisotopic (exact) mass is 317 g/mol. The smallest absolute Gasteiger partial charge is 0.160 e. The molecule has 0 aromatic carbocycles. The number of nitrogens with zero attached hydrogens (tertiary/aromatic N) is 3. The van der Waals surface area contributed by atoms with Crippen LogP contribution in [-0.4, -0.2) is 25.5 Å². The standard InChI is InChI=1S/C13H17Cl2N3S/c1-8(14)11-17-10-5-9(15)6-16-12(10)18(11)7-13(2,3)19-4/h5-6,8H,7H2,1-4H3. The largest absolute Gasteiger partial charge is 0.310 e. The lowest BCUT2D eigenvalue weighted by Gasteiger charge is -2.24. The predicted octanol–water partition coefficient (Wildman–Crippen LogP) is 4.53. The van der Waals surface area contributed by atoms with Gasteiger partial charge in [-0.1, -0.05) is 11.6 Å². The first kappa shape index (κ1) is 14.9. The van der Waals surface area contributed by atoms with Crippen LogP contribution < -0.4 is 0 Å². The van der Waals surface area contributed by atoms with Crippen LogP contribution in [0.25, 0.3) is 11.2 Å². The van der Waals surface area contributed by atoms with E-state index in [-0.39, 0.29) is 10.1 Å². The zero-order chi connectivity index (χ0) is 14.2. The number of aromatic nitrogens is 3. The second-order valence-corrected chi connectivity index (χ2v) is 7.74. The maximum absolute atomic E-state index is 6.24. The highest BCUT2D eigenvalue weighted by molar-refractivity contribution is 7.99. The van der Waals surface area contributed by atoms with Crippen molar-refractivity contribution in [1.29, 1.82) is 0 Å². The molecule has 2 aromatic heterocycles. The first-order valence-corrected chi connectivity index (χ1v) is 8.09. The molecule has 0 aliphatic carbocycles. The Morgan fingerprint density at radius 1 is 1.47 bits per heavy atom. The third-order valence-electron chi connectivity index (χ3n) is 3.03. The molecule has 0 aliphatic heterocycles. The van der Waals surface area contributed by atoms with E-state index in [0.717, 1.165) is 23.5 Å². The van der Waals surface area contributed by atoms with E-state index < -0.39 is 0 Å². The zero-order valence-electron chi connectivity index (χ0n) is 11.4. The van der Waals surface area contributed by atoms with Crippen molar-refractivity contribution in [1.82, 2.24) is 14.5 Å². The number of thioether (sulfide) groups is 1. The first-order chi connectivity index (χ1) is 8.84. The fraction of sp³-hybridized carbons (Fsp3) is 0.538. The normalized spacial score (nSPS) is 14.0. The van der Waals surface area contributed by atoms with Crippen LogP contribution in [0.1, 0.15) is 32.0 Å². The fourth-order valence-electron chi connectivity index (χ4n) is 1.91. The lowest BCUT2D eigenvalue weighted by atomic mass is 10.2. The molecular weight excluding hydrogens is 301 g/mol. The van der Waals surface area contributed by atoms with E-state index in [1.807, 2.05) is 24.8 Å². The van der Waals surface area contributed by atoms with Crippen molar-refractivity contribution in [3.05, 3.63) is 23.1 Å². The number of pyridine rings is 1. The summed E-state index contributed by atoms with van der Waals surface area (Å²) in [6.07, 6.45) is 3.75. The SMILES string of the molecule is CSC(C)(C)Cn1c(C(C)Cl)nc2cc(Cl)cnc21. The lowest BCUT2D eigenvalue weighted by molar-refractivity contribution is 0.556. The van der Waals surface area contributed by atoms with Crippen molar-refractivity contribution >= 4 is 46.1 Å². The average molecular weight is 318 g/mol. The molecule has 2 rings (SSSR count). The van der Waals surface area contributed by atoms with Gasteiger partial charge in [0.25, 0.3) is 0 Å². The summed E-state index contributed by atoms with van der Waals surface area (Å²) >= 11 is 14.0. The van der Waals surface area contributed by atoms with Crippen LogP contribution in [0.2, 0.25) is 5.02 Å². The third kappa shape index (κ3) is 3.18. The van der Waals surface area contributed by atoms with Crippen LogP contribution in [0.3, 0.4) is 0 Å². The van der Waals surface area contributed by atoms with Gasteiger partial charge in [-0.2, -0.15) is 11.8 Å². The Balaban J connectivity index is 2.59. The van der Waals surface area contributed by atoms with Crippen molar-refractivity contribution in [2.75, 3.05) is 6.26 Å². The number of alkyl halides is 1. The Kier molecular flexibility index (Phi) is 4.33. The zero-order valence-corrected chi connectivity index (χ0v) is 13.8. The van der Waals surface area contributed by atoms with Gasteiger partial charge in [-0.15, -0.1) is 11.6 Å². The van der Waals surface area contributed by atoms with Crippen molar-refractivity contribution in [3.63, 3.8) is 0 Å². The Hall–Kier alpha value is -0.450. The molecule has 0 spiro atoms. The van der Waals surface area contributed by atoms with Crippen LogP contribution in [0, 0.1) is 0 Å². The molecule has 0 bridgehead atoms. The molecule has 2 heterocycles. The third-order valence-corrected chi connectivity index (χ3v) is 4.66. The fourth-order valence-corrected chi connectivity index (χ4v) is 2.49. The van der Waals surface area contributed by atoms with Gasteiger partial charge in [-0.05, 0) is 33.1 Å². The second kappa shape index (κ2) is 5.51. The van der Waals surface area contributed by atoms with E-state index in [4.69, 9.17) is 23.2 Å². The van der Waals surface area contributed by atoms with Crippen molar-refractivity contribution in [2.24, 2.45) is 0 Å². The highest BCUT2D eigenvalue weighted by Crippen LogP contribution is 2.30. The van der Waals surface area contributed by atoms with E-state index in [9.17, 15) is 0 Å². The molecular formula is C13H17Cl2N3S. The Morgan fingerprint density at radius 3 is 2.74 bits per heavy atom. The molecule has 19 heavy (non-hydrogen) atoms. The van der Waals surface area contributed by atoms with Crippen molar-refractivity contribution < 1.29 is 0 Å². The van der Waals surface area contributed by atoms with Gasteiger partial charge in [-0.3, -0.25) is 0 Å². The number of fused-ring (bicyclic) bond motifs is 1. The van der Waals surface area contributed by atoms with E-state index in [0.29, 0.717) is 5.02 Å². The first-order valence-electron chi connectivity index (χ1n) is 6.05. The van der Waals surface area contributed by atoms with Crippen LogP contribution in [0.4, 0.5) is 0 Å². The van der Waals surface area contributed by atoms with Gasteiger partial charge in [0.15, 0.2) is 5.65 Å². The van der Waals surface area contributed by atoms with Crippen LogP contribution in [-0.2, 0) is 6.54 Å². The Bertz CT molecular complexity index is 593. The highest BCUT2D eigenvalue weighted by atomic mass is 35.5. The summed E-state index contributed by atoms with van der Waals surface area (Å²) in [5, 5.41) is 0.431. The minimum absolute atomic E-state index is 0.0927. The van der Waals surface area contributed by atoms with Crippen molar-refractivity contribution in [2.45, 2.75) is 37.4 Å². The number of hydrogen-bond donors (Lipinski definition) is 0. The Labute approximate surface area is 127 Å². The van der Waals surface area contributed by atoms with E-state index in [2.05, 4.69) is 34.6 Å². The minimum Gasteiger partial charge on any atom is -0.310 e. The number of rotatable bonds is 4. The molecule has 3 nitrogen and oxygen atoms in total. The van der Waals surface area contributed by atoms with Crippen LogP contribution in [0.15, 0.2) is 12.3 Å². The molecule has 2 aromatic rings. The molecule has 0 aliphatic rings. The number of hydrogen-bond acceptors (Lipinski definition) is 3. The van der Waals surface area contributed by atoms with Crippen LogP contribution >= 0.6 is 35.0 Å². The van der Waals surface area contributed by atoms with Gasteiger partial charge in [0.1, 0.15) is 11.3 Å².